The molecule has 0 radical (unpaired) electrons. The molecule has 0 bridgehead atoms. The lowest BCUT2D eigenvalue weighted by atomic mass is 9.95. The molecule has 1 aromatic rings. The molecule has 4 nitrogen and oxygen atoms in total. The number of rotatable bonds is 1. The van der Waals surface area contributed by atoms with E-state index in [9.17, 15) is 18.0 Å². The lowest BCUT2D eigenvalue weighted by molar-refractivity contribution is -0.118. The summed E-state index contributed by atoms with van der Waals surface area (Å²) in [5, 5.41) is 0. The average molecular weight is 238 g/mol. The lowest BCUT2D eigenvalue weighted by Crippen LogP contribution is -2.35. The minimum absolute atomic E-state index is 0.0394. The number of carbonyl (C=O) groups is 2. The van der Waals surface area contributed by atoms with Crippen LogP contribution in [0.3, 0.4) is 0 Å². The van der Waals surface area contributed by atoms with Crippen LogP contribution < -0.4 is 0 Å². The van der Waals surface area contributed by atoms with Crippen LogP contribution in [0.4, 0.5) is 0 Å². The highest BCUT2D eigenvalue weighted by Crippen LogP contribution is 2.28. The summed E-state index contributed by atoms with van der Waals surface area (Å²) in [4.78, 5) is 23.1. The van der Waals surface area contributed by atoms with E-state index < -0.39 is 33.1 Å². The molecule has 0 aromatic heterocycles. The predicted octanol–water partition coefficient (Wildman–Crippen LogP) is 0.862. The van der Waals surface area contributed by atoms with E-state index in [1.807, 2.05) is 0 Å². The normalized spacial score (nSPS) is 22.6. The molecule has 1 aliphatic rings. The number of carbonyl (C=O) groups excluding carboxylic acids is 2. The van der Waals surface area contributed by atoms with E-state index in [0.29, 0.717) is 0 Å². The number of hydrogen-bond donors (Lipinski definition) is 0. The Morgan fingerprint density at radius 1 is 1.31 bits per heavy atom. The molecule has 84 valence electrons. The molecule has 1 aliphatic heterocycles. The van der Waals surface area contributed by atoms with Crippen molar-refractivity contribution in [1.82, 2.24) is 0 Å². The standard InChI is InChI=1S/C11H10O4S/c1-7(12)9-6-16(14,15)10-5-3-2-4-8(10)11(9)13/h2-5,9H,6H2,1H3. The van der Waals surface area contributed by atoms with Crippen LogP contribution in [0.5, 0.6) is 0 Å². The molecule has 0 aliphatic carbocycles. The number of benzene rings is 1. The fourth-order valence-corrected chi connectivity index (χ4v) is 3.61. The molecule has 1 heterocycles. The van der Waals surface area contributed by atoms with Crippen LogP contribution in [0.1, 0.15) is 17.3 Å². The van der Waals surface area contributed by atoms with Gasteiger partial charge in [-0.3, -0.25) is 9.59 Å². The molecule has 0 amide bonds. The quantitative estimate of drug-likeness (QED) is 0.680. The second kappa shape index (κ2) is 3.52. The van der Waals surface area contributed by atoms with E-state index in [2.05, 4.69) is 0 Å². The fourth-order valence-electron chi connectivity index (χ4n) is 1.82. The van der Waals surface area contributed by atoms with Gasteiger partial charge in [0.2, 0.25) is 0 Å². The number of hydrogen-bond acceptors (Lipinski definition) is 4. The highest BCUT2D eigenvalue weighted by molar-refractivity contribution is 7.91. The van der Waals surface area contributed by atoms with Crippen LogP contribution in [-0.4, -0.2) is 25.7 Å². The predicted molar refractivity (Wildman–Crippen MR) is 57.0 cm³/mol. The summed E-state index contributed by atoms with van der Waals surface area (Å²) in [5.74, 6) is -2.24. The SMILES string of the molecule is CC(=O)C1CS(=O)(=O)c2ccccc2C1=O. The van der Waals surface area contributed by atoms with Crippen LogP contribution in [0.25, 0.3) is 0 Å². The van der Waals surface area contributed by atoms with Gasteiger partial charge < -0.3 is 0 Å². The molecule has 2 rings (SSSR count). The Bertz CT molecular complexity index is 571. The van der Waals surface area contributed by atoms with Crippen molar-refractivity contribution >= 4 is 21.4 Å². The number of Topliss-reactive ketones (excluding diaryl/α,β-unsaturated/α-hetero) is 2. The van der Waals surface area contributed by atoms with Crippen molar-refractivity contribution in [2.45, 2.75) is 11.8 Å². The maximum Gasteiger partial charge on any atom is 0.180 e. The summed E-state index contributed by atoms with van der Waals surface area (Å²) in [5.41, 5.74) is 0.133. The average Bonchev–Trinajstić information content (AvgIpc) is 2.23. The van der Waals surface area contributed by atoms with E-state index in [1.54, 1.807) is 12.1 Å². The molecule has 0 N–H and O–H groups in total. The first kappa shape index (κ1) is 11.0. The lowest BCUT2D eigenvalue weighted by Gasteiger charge is -2.21. The number of ketones is 2. The van der Waals surface area contributed by atoms with Crippen LogP contribution in [0.15, 0.2) is 29.2 Å². The molecule has 0 saturated carbocycles. The number of fused-ring (bicyclic) bond motifs is 1. The molecule has 0 fully saturated rings. The van der Waals surface area contributed by atoms with Gasteiger partial charge in [0.25, 0.3) is 0 Å². The Morgan fingerprint density at radius 3 is 2.56 bits per heavy atom. The highest BCUT2D eigenvalue weighted by atomic mass is 32.2. The summed E-state index contributed by atoms with van der Waals surface area (Å²) in [6.07, 6.45) is 0. The van der Waals surface area contributed by atoms with Crippen molar-refractivity contribution in [1.29, 1.82) is 0 Å². The van der Waals surface area contributed by atoms with Gasteiger partial charge in [0, 0.05) is 5.56 Å². The molecule has 1 aromatic carbocycles. The van der Waals surface area contributed by atoms with E-state index in [0.717, 1.165) is 0 Å². The summed E-state index contributed by atoms with van der Waals surface area (Å²) < 4.78 is 23.7. The monoisotopic (exact) mass is 238 g/mol. The smallest absolute Gasteiger partial charge is 0.180 e. The van der Waals surface area contributed by atoms with Gasteiger partial charge in [0.15, 0.2) is 15.6 Å². The molecule has 1 unspecified atom stereocenters. The van der Waals surface area contributed by atoms with Crippen LogP contribution in [-0.2, 0) is 14.6 Å². The van der Waals surface area contributed by atoms with Crippen LogP contribution >= 0.6 is 0 Å². The van der Waals surface area contributed by atoms with Gasteiger partial charge in [-0.15, -0.1) is 0 Å². The fraction of sp³-hybridized carbons (Fsp3) is 0.273. The van der Waals surface area contributed by atoms with Gasteiger partial charge in [-0.25, -0.2) is 8.42 Å². The molecule has 5 heteroatoms. The van der Waals surface area contributed by atoms with E-state index in [-0.39, 0.29) is 10.5 Å². The minimum atomic E-state index is -3.51. The van der Waals surface area contributed by atoms with Gasteiger partial charge in [-0.05, 0) is 13.0 Å². The second-order valence-electron chi connectivity index (χ2n) is 3.81. The first-order valence-electron chi connectivity index (χ1n) is 4.80. The maximum absolute atomic E-state index is 11.9. The van der Waals surface area contributed by atoms with Gasteiger partial charge in [-0.1, -0.05) is 18.2 Å². The minimum Gasteiger partial charge on any atom is -0.299 e. The third-order valence-corrected chi connectivity index (χ3v) is 4.48. The Labute approximate surface area is 93.2 Å². The molecule has 0 saturated heterocycles. The first-order chi connectivity index (χ1) is 7.43. The van der Waals surface area contributed by atoms with Crippen LogP contribution in [0.2, 0.25) is 0 Å². The summed E-state index contributed by atoms with van der Waals surface area (Å²) in [6.45, 7) is 1.24. The third-order valence-electron chi connectivity index (χ3n) is 2.68. The Hall–Kier alpha value is -1.49. The van der Waals surface area contributed by atoms with Crippen molar-refractivity contribution in [2.75, 3.05) is 5.75 Å². The molecule has 16 heavy (non-hydrogen) atoms. The Kier molecular flexibility index (Phi) is 2.42. The molecular formula is C11H10O4S. The summed E-state index contributed by atoms with van der Waals surface area (Å²) in [6, 6.07) is 6.01. The van der Waals surface area contributed by atoms with Crippen molar-refractivity contribution in [2.24, 2.45) is 5.92 Å². The van der Waals surface area contributed by atoms with Crippen LogP contribution in [0, 0.1) is 5.92 Å². The maximum atomic E-state index is 11.9. The summed E-state index contributed by atoms with van der Waals surface area (Å²) in [7, 11) is -3.51. The second-order valence-corrected chi connectivity index (χ2v) is 5.81. The van der Waals surface area contributed by atoms with Crippen molar-refractivity contribution in [3.8, 4) is 0 Å². The topological polar surface area (TPSA) is 68.3 Å². The van der Waals surface area contributed by atoms with E-state index >= 15 is 0 Å². The van der Waals surface area contributed by atoms with Crippen molar-refractivity contribution in [3.05, 3.63) is 29.8 Å². The van der Waals surface area contributed by atoms with E-state index in [1.165, 1.54) is 19.1 Å². The van der Waals surface area contributed by atoms with Crippen molar-refractivity contribution in [3.63, 3.8) is 0 Å². The Balaban J connectivity index is 2.67. The first-order valence-corrected chi connectivity index (χ1v) is 6.45. The van der Waals surface area contributed by atoms with Gasteiger partial charge in [0.1, 0.15) is 5.78 Å². The zero-order valence-electron chi connectivity index (χ0n) is 8.64. The zero-order chi connectivity index (χ0) is 11.9. The molecule has 0 spiro atoms. The van der Waals surface area contributed by atoms with Gasteiger partial charge in [-0.2, -0.15) is 0 Å². The molecule has 1 atom stereocenters. The Morgan fingerprint density at radius 2 is 1.94 bits per heavy atom. The molecular weight excluding hydrogens is 228 g/mol. The third kappa shape index (κ3) is 1.57. The van der Waals surface area contributed by atoms with E-state index in [4.69, 9.17) is 0 Å². The largest absolute Gasteiger partial charge is 0.299 e. The highest BCUT2D eigenvalue weighted by Gasteiger charge is 2.38. The van der Waals surface area contributed by atoms with Gasteiger partial charge in [0.05, 0.1) is 16.6 Å². The zero-order valence-corrected chi connectivity index (χ0v) is 9.45. The number of sulfone groups is 1. The van der Waals surface area contributed by atoms with Gasteiger partial charge >= 0.3 is 0 Å². The van der Waals surface area contributed by atoms with Crippen molar-refractivity contribution < 1.29 is 18.0 Å². The summed E-state index contributed by atoms with van der Waals surface area (Å²) >= 11 is 0.